The lowest BCUT2D eigenvalue weighted by Gasteiger charge is -2.33. The first-order valence-corrected chi connectivity index (χ1v) is 13.5. The van der Waals surface area contributed by atoms with Crippen LogP contribution < -0.4 is 19.1 Å². The Balaban J connectivity index is 1.97. The molecule has 0 fully saturated rings. The smallest absolute Gasteiger partial charge is 0.244 e. The highest BCUT2D eigenvalue weighted by atomic mass is 35.5. The number of halogens is 2. The standard InChI is InChI=1S/C23H27Cl2N3O6S/c1-4-19(23(30)26-5-2)27(12-15-6-7-16(24)10-18(15)25)22(29)13-28(35(3,31)32)17-8-9-20-21(11-17)34-14-33-20/h6-11,19H,4-5,12-14H2,1-3H3,(H,26,30). The molecule has 2 amide bonds. The number of nitrogens with one attached hydrogen (secondary N) is 1. The van der Waals surface area contributed by atoms with Gasteiger partial charge in [-0.25, -0.2) is 8.42 Å². The molecular weight excluding hydrogens is 517 g/mol. The molecule has 0 saturated carbocycles. The fraction of sp³-hybridized carbons (Fsp3) is 0.391. The van der Waals surface area contributed by atoms with Crippen LogP contribution in [0.1, 0.15) is 25.8 Å². The van der Waals surface area contributed by atoms with Crippen molar-refractivity contribution in [1.82, 2.24) is 10.2 Å². The third-order valence-electron chi connectivity index (χ3n) is 5.42. The quantitative estimate of drug-likeness (QED) is 0.492. The summed E-state index contributed by atoms with van der Waals surface area (Å²) in [5, 5.41) is 3.50. The molecule has 2 aromatic rings. The van der Waals surface area contributed by atoms with Gasteiger partial charge in [-0.15, -0.1) is 0 Å². The Bertz CT molecular complexity index is 1210. The van der Waals surface area contributed by atoms with Gasteiger partial charge in [0.15, 0.2) is 11.5 Å². The van der Waals surface area contributed by atoms with E-state index in [0.29, 0.717) is 40.1 Å². The van der Waals surface area contributed by atoms with Crippen LogP contribution in [-0.2, 0) is 26.2 Å². The zero-order chi connectivity index (χ0) is 25.8. The molecule has 0 aliphatic carbocycles. The summed E-state index contributed by atoms with van der Waals surface area (Å²) in [5.41, 5.74) is 0.807. The number of nitrogens with zero attached hydrogens (tertiary/aromatic N) is 2. The molecule has 0 saturated heterocycles. The van der Waals surface area contributed by atoms with Crippen molar-refractivity contribution >= 4 is 50.7 Å². The number of amides is 2. The highest BCUT2D eigenvalue weighted by Gasteiger charge is 2.32. The van der Waals surface area contributed by atoms with E-state index in [0.717, 1.165) is 10.6 Å². The molecule has 0 spiro atoms. The Morgan fingerprint density at radius 1 is 1.09 bits per heavy atom. The number of fused-ring (bicyclic) bond motifs is 1. The molecule has 0 bridgehead atoms. The van der Waals surface area contributed by atoms with Crippen LogP contribution in [-0.4, -0.2) is 57.3 Å². The fourth-order valence-corrected chi connectivity index (χ4v) is 5.01. The Kier molecular flexibility index (Phi) is 8.74. The molecule has 1 heterocycles. The number of rotatable bonds is 10. The van der Waals surface area contributed by atoms with Crippen molar-refractivity contribution in [3.8, 4) is 11.5 Å². The molecule has 0 radical (unpaired) electrons. The molecule has 2 aromatic carbocycles. The van der Waals surface area contributed by atoms with Crippen molar-refractivity contribution in [3.05, 3.63) is 52.0 Å². The second-order valence-electron chi connectivity index (χ2n) is 7.88. The van der Waals surface area contributed by atoms with Crippen molar-refractivity contribution in [1.29, 1.82) is 0 Å². The van der Waals surface area contributed by atoms with Crippen LogP contribution in [0.5, 0.6) is 11.5 Å². The summed E-state index contributed by atoms with van der Waals surface area (Å²) in [5.74, 6) is -0.0587. The molecule has 1 aliphatic rings. The average Bonchev–Trinajstić information content (AvgIpc) is 3.26. The van der Waals surface area contributed by atoms with Crippen LogP contribution >= 0.6 is 23.2 Å². The monoisotopic (exact) mass is 543 g/mol. The first-order chi connectivity index (χ1) is 16.5. The van der Waals surface area contributed by atoms with Gasteiger partial charge in [0.25, 0.3) is 0 Å². The summed E-state index contributed by atoms with van der Waals surface area (Å²) in [6.45, 7) is 3.42. The van der Waals surface area contributed by atoms with Crippen molar-refractivity contribution in [2.45, 2.75) is 32.9 Å². The van der Waals surface area contributed by atoms with Gasteiger partial charge < -0.3 is 19.7 Å². The zero-order valence-electron chi connectivity index (χ0n) is 19.6. The maximum Gasteiger partial charge on any atom is 0.244 e. The number of sulfonamides is 1. The van der Waals surface area contributed by atoms with E-state index in [-0.39, 0.29) is 24.9 Å². The van der Waals surface area contributed by atoms with Gasteiger partial charge in [0.05, 0.1) is 11.9 Å². The summed E-state index contributed by atoms with van der Waals surface area (Å²) < 4.78 is 37.0. The largest absolute Gasteiger partial charge is 0.454 e. The van der Waals surface area contributed by atoms with Crippen molar-refractivity contribution in [2.24, 2.45) is 0 Å². The van der Waals surface area contributed by atoms with Crippen LogP contribution in [0.3, 0.4) is 0 Å². The van der Waals surface area contributed by atoms with E-state index in [1.807, 2.05) is 0 Å². The lowest BCUT2D eigenvalue weighted by Crippen LogP contribution is -2.52. The van der Waals surface area contributed by atoms with E-state index in [1.54, 1.807) is 38.1 Å². The second-order valence-corrected chi connectivity index (χ2v) is 10.6. The minimum Gasteiger partial charge on any atom is -0.454 e. The number of anilines is 1. The number of carbonyl (C=O) groups is 2. The Morgan fingerprint density at radius 2 is 1.80 bits per heavy atom. The average molecular weight is 544 g/mol. The molecule has 190 valence electrons. The van der Waals surface area contributed by atoms with E-state index >= 15 is 0 Å². The van der Waals surface area contributed by atoms with Gasteiger partial charge in [0, 0.05) is 29.2 Å². The van der Waals surface area contributed by atoms with Gasteiger partial charge in [-0.05, 0) is 43.2 Å². The molecule has 0 aromatic heterocycles. The van der Waals surface area contributed by atoms with Gasteiger partial charge in [-0.1, -0.05) is 36.2 Å². The van der Waals surface area contributed by atoms with Gasteiger partial charge in [0.2, 0.25) is 28.6 Å². The summed E-state index contributed by atoms with van der Waals surface area (Å²) in [6.07, 6.45) is 1.32. The number of ether oxygens (including phenoxy) is 2. The van der Waals surface area contributed by atoms with Crippen molar-refractivity contribution < 1.29 is 27.5 Å². The summed E-state index contributed by atoms with van der Waals surface area (Å²) in [6, 6.07) is 8.61. The minimum absolute atomic E-state index is 0.0107. The molecule has 9 nitrogen and oxygen atoms in total. The molecule has 3 rings (SSSR count). The number of hydrogen-bond donors (Lipinski definition) is 1. The summed E-state index contributed by atoms with van der Waals surface area (Å²) in [7, 11) is -3.87. The second kappa shape index (κ2) is 11.4. The van der Waals surface area contributed by atoms with Crippen molar-refractivity contribution in [2.75, 3.05) is 30.4 Å². The number of hydrogen-bond acceptors (Lipinski definition) is 6. The summed E-state index contributed by atoms with van der Waals surface area (Å²) >= 11 is 12.3. The van der Waals surface area contributed by atoms with Crippen LogP contribution in [0.2, 0.25) is 10.0 Å². The third kappa shape index (κ3) is 6.50. The molecule has 1 unspecified atom stereocenters. The van der Waals surface area contributed by atoms with Crippen LogP contribution in [0.4, 0.5) is 5.69 Å². The molecular formula is C23H27Cl2N3O6S. The molecule has 1 N–H and O–H groups in total. The van der Waals surface area contributed by atoms with Crippen LogP contribution in [0.15, 0.2) is 36.4 Å². The topological polar surface area (TPSA) is 105 Å². The third-order valence-corrected chi connectivity index (χ3v) is 7.14. The first-order valence-electron chi connectivity index (χ1n) is 10.9. The van der Waals surface area contributed by atoms with E-state index in [4.69, 9.17) is 32.7 Å². The normalized spacial score (nSPS) is 13.3. The molecule has 12 heteroatoms. The highest BCUT2D eigenvalue weighted by molar-refractivity contribution is 7.92. The SMILES string of the molecule is CCNC(=O)C(CC)N(Cc1ccc(Cl)cc1Cl)C(=O)CN(c1ccc2c(c1)OCO2)S(C)(=O)=O. The maximum atomic E-state index is 13.6. The number of benzene rings is 2. The number of carbonyl (C=O) groups excluding carboxylic acids is 2. The van der Waals surface area contributed by atoms with Crippen LogP contribution in [0, 0.1) is 0 Å². The van der Waals surface area contributed by atoms with E-state index in [1.165, 1.54) is 17.0 Å². The molecule has 35 heavy (non-hydrogen) atoms. The molecule has 1 aliphatic heterocycles. The van der Waals surface area contributed by atoms with E-state index < -0.39 is 28.5 Å². The maximum absolute atomic E-state index is 13.6. The van der Waals surface area contributed by atoms with Gasteiger partial charge in [-0.3, -0.25) is 13.9 Å². The van der Waals surface area contributed by atoms with Gasteiger partial charge in [-0.2, -0.15) is 0 Å². The predicted molar refractivity (Wildman–Crippen MR) is 135 cm³/mol. The van der Waals surface area contributed by atoms with Crippen molar-refractivity contribution in [3.63, 3.8) is 0 Å². The Morgan fingerprint density at radius 3 is 2.43 bits per heavy atom. The van der Waals surface area contributed by atoms with E-state index in [2.05, 4.69) is 5.32 Å². The Labute approximate surface area is 214 Å². The van der Waals surface area contributed by atoms with Gasteiger partial charge in [0.1, 0.15) is 12.6 Å². The van der Waals surface area contributed by atoms with Crippen LogP contribution in [0.25, 0.3) is 0 Å². The predicted octanol–water partition coefficient (Wildman–Crippen LogP) is 3.43. The van der Waals surface area contributed by atoms with Gasteiger partial charge >= 0.3 is 0 Å². The first kappa shape index (κ1) is 26.9. The Hall–Kier alpha value is -2.69. The fourth-order valence-electron chi connectivity index (χ4n) is 3.70. The summed E-state index contributed by atoms with van der Waals surface area (Å²) in [4.78, 5) is 27.8. The lowest BCUT2D eigenvalue weighted by atomic mass is 10.1. The number of likely N-dealkylation sites (N-methyl/N-ethyl adjacent to an activating group) is 1. The lowest BCUT2D eigenvalue weighted by molar-refractivity contribution is -0.140. The highest BCUT2D eigenvalue weighted by Crippen LogP contribution is 2.36. The zero-order valence-corrected chi connectivity index (χ0v) is 21.9. The molecule has 1 atom stereocenters. The minimum atomic E-state index is -3.87. The van der Waals surface area contributed by atoms with E-state index in [9.17, 15) is 18.0 Å².